The third-order valence-electron chi connectivity index (χ3n) is 5.07. The molecule has 0 unspecified atom stereocenters. The topological polar surface area (TPSA) is 49.0 Å². The Labute approximate surface area is 167 Å². The molecule has 144 valence electrons. The summed E-state index contributed by atoms with van der Waals surface area (Å²) in [4.78, 5) is 22.3. The van der Waals surface area contributed by atoms with Crippen LogP contribution in [0.5, 0.6) is 0 Å². The second kappa shape index (κ2) is 8.19. The average molecular weight is 396 g/mol. The van der Waals surface area contributed by atoms with Crippen LogP contribution in [0.1, 0.15) is 28.8 Å². The molecule has 1 aliphatic heterocycles. The van der Waals surface area contributed by atoms with Gasteiger partial charge in [0.1, 0.15) is 5.82 Å². The highest BCUT2D eigenvalue weighted by Gasteiger charge is 2.19. The Morgan fingerprint density at radius 1 is 1.18 bits per heavy atom. The van der Waals surface area contributed by atoms with Crippen LogP contribution in [0, 0.1) is 12.7 Å². The monoisotopic (exact) mass is 395 g/mol. The molecule has 3 aromatic rings. The minimum atomic E-state index is -0.250. The van der Waals surface area contributed by atoms with Gasteiger partial charge in [-0.3, -0.25) is 4.79 Å². The maximum atomic E-state index is 13.1. The van der Waals surface area contributed by atoms with Crippen LogP contribution in [0.2, 0.25) is 0 Å². The summed E-state index contributed by atoms with van der Waals surface area (Å²) in [5.74, 6) is 0.373. The molecule has 0 spiro atoms. The number of para-hydroxylation sites is 1. The number of rotatable bonds is 5. The largest absolute Gasteiger partial charge is 0.365 e. The van der Waals surface area contributed by atoms with Crippen molar-refractivity contribution in [3.8, 4) is 0 Å². The van der Waals surface area contributed by atoms with Crippen molar-refractivity contribution in [2.45, 2.75) is 37.2 Å². The van der Waals surface area contributed by atoms with Gasteiger partial charge in [-0.2, -0.15) is 0 Å². The van der Waals surface area contributed by atoms with Gasteiger partial charge < -0.3 is 9.88 Å². The first-order valence-corrected chi connectivity index (χ1v) is 10.4. The van der Waals surface area contributed by atoms with E-state index in [1.54, 1.807) is 12.1 Å². The van der Waals surface area contributed by atoms with Crippen molar-refractivity contribution in [3.63, 3.8) is 0 Å². The van der Waals surface area contributed by atoms with Gasteiger partial charge in [0.25, 0.3) is 5.56 Å². The van der Waals surface area contributed by atoms with Gasteiger partial charge in [0.2, 0.25) is 0 Å². The molecule has 0 radical (unpaired) electrons. The Morgan fingerprint density at radius 2 is 1.96 bits per heavy atom. The van der Waals surface area contributed by atoms with Gasteiger partial charge in [-0.25, -0.2) is 9.37 Å². The molecule has 0 aliphatic carbocycles. The molecule has 2 aromatic carbocycles. The SMILES string of the molecule is Cc1c(CN2CCCc3ccccc32)nc(SCc2ccc(F)cc2)[nH]c1=O. The minimum absolute atomic E-state index is 0.100. The fourth-order valence-electron chi connectivity index (χ4n) is 3.47. The van der Waals surface area contributed by atoms with Gasteiger partial charge in [-0.05, 0) is 49.1 Å². The van der Waals surface area contributed by atoms with E-state index >= 15 is 0 Å². The normalized spacial score (nSPS) is 13.4. The Balaban J connectivity index is 1.54. The number of aryl methyl sites for hydroxylation is 1. The Hall–Kier alpha value is -2.60. The third-order valence-corrected chi connectivity index (χ3v) is 6.01. The molecule has 0 saturated carbocycles. The maximum absolute atomic E-state index is 13.1. The quantitative estimate of drug-likeness (QED) is 0.512. The predicted octanol–water partition coefficient (Wildman–Crippen LogP) is 4.46. The van der Waals surface area contributed by atoms with Crippen LogP contribution in [0.4, 0.5) is 10.1 Å². The molecule has 0 fully saturated rings. The lowest BCUT2D eigenvalue weighted by molar-refractivity contribution is 0.627. The summed E-state index contributed by atoms with van der Waals surface area (Å²) in [6, 6.07) is 14.8. The zero-order valence-electron chi connectivity index (χ0n) is 15.7. The van der Waals surface area contributed by atoms with E-state index in [4.69, 9.17) is 4.98 Å². The van der Waals surface area contributed by atoms with Crippen molar-refractivity contribution in [1.29, 1.82) is 0 Å². The van der Waals surface area contributed by atoms with Crippen LogP contribution in [-0.4, -0.2) is 16.5 Å². The molecule has 0 bridgehead atoms. The smallest absolute Gasteiger partial charge is 0.254 e. The number of thioether (sulfide) groups is 1. The summed E-state index contributed by atoms with van der Waals surface area (Å²) in [6.07, 6.45) is 2.19. The summed E-state index contributed by atoms with van der Waals surface area (Å²) in [6.45, 7) is 3.41. The molecule has 0 atom stereocenters. The van der Waals surface area contributed by atoms with E-state index in [1.807, 2.05) is 6.92 Å². The zero-order chi connectivity index (χ0) is 19.5. The first kappa shape index (κ1) is 18.7. The predicted molar refractivity (Wildman–Crippen MR) is 111 cm³/mol. The molecular weight excluding hydrogens is 373 g/mol. The number of aromatic amines is 1. The number of H-pyrrole nitrogens is 1. The van der Waals surface area contributed by atoms with Crippen molar-refractivity contribution < 1.29 is 4.39 Å². The van der Waals surface area contributed by atoms with Crippen LogP contribution in [0.3, 0.4) is 0 Å². The number of halogens is 1. The molecule has 1 aromatic heterocycles. The lowest BCUT2D eigenvalue weighted by Gasteiger charge is -2.31. The van der Waals surface area contributed by atoms with Gasteiger partial charge in [0.15, 0.2) is 5.16 Å². The summed E-state index contributed by atoms with van der Waals surface area (Å²) in [5.41, 5.74) is 4.94. The molecule has 1 N–H and O–H groups in total. The molecule has 0 amide bonds. The Morgan fingerprint density at radius 3 is 2.79 bits per heavy atom. The summed E-state index contributed by atoms with van der Waals surface area (Å²) < 4.78 is 13.1. The first-order valence-electron chi connectivity index (χ1n) is 9.40. The molecule has 0 saturated heterocycles. The van der Waals surface area contributed by atoms with E-state index < -0.39 is 0 Å². The number of hydrogen-bond donors (Lipinski definition) is 1. The van der Waals surface area contributed by atoms with Gasteiger partial charge in [-0.1, -0.05) is 42.1 Å². The molecule has 1 aliphatic rings. The van der Waals surface area contributed by atoms with E-state index in [9.17, 15) is 9.18 Å². The maximum Gasteiger partial charge on any atom is 0.254 e. The third kappa shape index (κ3) is 4.12. The standard InChI is InChI=1S/C22H22FN3OS/c1-15-19(13-26-12-4-6-17-5-2-3-7-20(17)26)24-22(25-21(15)27)28-14-16-8-10-18(23)11-9-16/h2-3,5,7-11H,4,6,12-14H2,1H3,(H,24,25,27). The second-order valence-electron chi connectivity index (χ2n) is 7.01. The van der Waals surface area contributed by atoms with Gasteiger partial charge in [0, 0.05) is 23.5 Å². The van der Waals surface area contributed by atoms with Gasteiger partial charge in [0.05, 0.1) is 12.2 Å². The second-order valence-corrected chi connectivity index (χ2v) is 7.98. The number of nitrogens with zero attached hydrogens (tertiary/aromatic N) is 2. The number of fused-ring (bicyclic) bond motifs is 1. The number of benzene rings is 2. The highest BCUT2D eigenvalue weighted by Crippen LogP contribution is 2.28. The summed E-state index contributed by atoms with van der Waals surface area (Å²) in [7, 11) is 0. The lowest BCUT2D eigenvalue weighted by atomic mass is 10.0. The van der Waals surface area contributed by atoms with Crippen LogP contribution in [0.25, 0.3) is 0 Å². The number of aromatic nitrogens is 2. The van der Waals surface area contributed by atoms with Crippen LogP contribution in [-0.2, 0) is 18.7 Å². The highest BCUT2D eigenvalue weighted by molar-refractivity contribution is 7.98. The van der Waals surface area contributed by atoms with Crippen molar-refractivity contribution in [1.82, 2.24) is 9.97 Å². The van der Waals surface area contributed by atoms with Gasteiger partial charge in [-0.15, -0.1) is 0 Å². The molecule has 4 rings (SSSR count). The Bertz CT molecular complexity index is 1030. The van der Waals surface area contributed by atoms with Gasteiger partial charge >= 0.3 is 0 Å². The molecular formula is C22H22FN3OS. The van der Waals surface area contributed by atoms with E-state index in [2.05, 4.69) is 34.1 Å². The number of nitrogens with one attached hydrogen (secondary N) is 1. The van der Waals surface area contributed by atoms with Crippen molar-refractivity contribution >= 4 is 17.4 Å². The van der Waals surface area contributed by atoms with Crippen molar-refractivity contribution in [2.24, 2.45) is 0 Å². The van der Waals surface area contributed by atoms with Crippen LogP contribution < -0.4 is 10.5 Å². The fourth-order valence-corrected chi connectivity index (χ4v) is 4.30. The van der Waals surface area contributed by atoms with Crippen LogP contribution in [0.15, 0.2) is 58.5 Å². The van der Waals surface area contributed by atoms with E-state index in [-0.39, 0.29) is 11.4 Å². The summed E-state index contributed by atoms with van der Waals surface area (Å²) >= 11 is 1.46. The minimum Gasteiger partial charge on any atom is -0.365 e. The van der Waals surface area contributed by atoms with E-state index in [0.29, 0.717) is 23.0 Å². The van der Waals surface area contributed by atoms with E-state index in [1.165, 1.54) is 35.1 Å². The number of hydrogen-bond acceptors (Lipinski definition) is 4. The molecule has 28 heavy (non-hydrogen) atoms. The Kier molecular flexibility index (Phi) is 5.48. The van der Waals surface area contributed by atoms with Crippen molar-refractivity contribution in [3.05, 3.63) is 87.1 Å². The van der Waals surface area contributed by atoms with E-state index in [0.717, 1.165) is 30.6 Å². The zero-order valence-corrected chi connectivity index (χ0v) is 16.6. The fraction of sp³-hybridized carbons (Fsp3) is 0.273. The average Bonchev–Trinajstić information content (AvgIpc) is 2.71. The molecule has 2 heterocycles. The molecule has 4 nitrogen and oxygen atoms in total. The number of anilines is 1. The highest BCUT2D eigenvalue weighted by atomic mass is 32.2. The lowest BCUT2D eigenvalue weighted by Crippen LogP contribution is -2.30. The molecule has 6 heteroatoms. The van der Waals surface area contributed by atoms with Crippen molar-refractivity contribution in [2.75, 3.05) is 11.4 Å². The van der Waals surface area contributed by atoms with Crippen LogP contribution >= 0.6 is 11.8 Å². The summed E-state index contributed by atoms with van der Waals surface area (Å²) in [5, 5.41) is 0.597. The first-order chi connectivity index (χ1) is 13.6.